The van der Waals surface area contributed by atoms with Gasteiger partial charge in [-0.1, -0.05) is 31.0 Å². The minimum absolute atomic E-state index is 0.795. The normalized spacial score (nSPS) is 20.4. The van der Waals surface area contributed by atoms with Crippen molar-refractivity contribution in [2.75, 3.05) is 26.2 Å². The minimum atomic E-state index is 0.795. The van der Waals surface area contributed by atoms with E-state index in [4.69, 9.17) is 4.74 Å². The van der Waals surface area contributed by atoms with Crippen molar-refractivity contribution in [2.45, 2.75) is 44.7 Å². The first-order chi connectivity index (χ1) is 9.92. The number of rotatable bonds is 5. The van der Waals surface area contributed by atoms with E-state index in [1.54, 1.807) is 0 Å². The molecule has 20 heavy (non-hydrogen) atoms. The smallest absolute Gasteiger partial charge is 0.123 e. The molecule has 1 fully saturated rings. The monoisotopic (exact) mass is 274 g/mol. The lowest BCUT2D eigenvalue weighted by Gasteiger charge is -2.20. The second-order valence-electron chi connectivity index (χ2n) is 6.02. The van der Waals surface area contributed by atoms with Crippen molar-refractivity contribution in [2.24, 2.45) is 0 Å². The number of para-hydroxylation sites is 1. The molecule has 0 amide bonds. The van der Waals surface area contributed by atoms with E-state index < -0.39 is 0 Å². The van der Waals surface area contributed by atoms with Gasteiger partial charge in [0.05, 0.1) is 0 Å². The standard InChI is InChI=1S/C17H26N2O/c1-4-9-17-15(6-1)14-19(12-13-20-17)11-5-10-18-16-7-2-3-8-16/h1,4,6,9,16,18H,2-3,5,7-8,10-14H2. The average Bonchev–Trinajstić information content (AvgIpc) is 2.89. The fraction of sp³-hybridized carbons (Fsp3) is 0.647. The van der Waals surface area contributed by atoms with Crippen LogP contribution in [0.5, 0.6) is 5.75 Å². The van der Waals surface area contributed by atoms with Gasteiger partial charge in [0.2, 0.25) is 0 Å². The van der Waals surface area contributed by atoms with E-state index >= 15 is 0 Å². The summed E-state index contributed by atoms with van der Waals surface area (Å²) in [5.74, 6) is 1.07. The van der Waals surface area contributed by atoms with Crippen molar-refractivity contribution in [1.82, 2.24) is 10.2 Å². The predicted octanol–water partition coefficient (Wildman–Crippen LogP) is 2.80. The summed E-state index contributed by atoms with van der Waals surface area (Å²) in [6, 6.07) is 9.22. The maximum atomic E-state index is 5.81. The van der Waals surface area contributed by atoms with Gasteiger partial charge >= 0.3 is 0 Å². The predicted molar refractivity (Wildman–Crippen MR) is 82.1 cm³/mol. The molecule has 3 rings (SSSR count). The van der Waals surface area contributed by atoms with Gasteiger partial charge < -0.3 is 10.1 Å². The van der Waals surface area contributed by atoms with Gasteiger partial charge in [0, 0.05) is 24.7 Å². The number of ether oxygens (including phenoxy) is 1. The second-order valence-corrected chi connectivity index (χ2v) is 6.02. The molecule has 3 heteroatoms. The highest BCUT2D eigenvalue weighted by Crippen LogP contribution is 2.22. The molecule has 0 unspecified atom stereocenters. The topological polar surface area (TPSA) is 24.5 Å². The summed E-state index contributed by atoms with van der Waals surface area (Å²) in [5.41, 5.74) is 1.33. The van der Waals surface area contributed by atoms with Crippen LogP contribution in [0.25, 0.3) is 0 Å². The van der Waals surface area contributed by atoms with Gasteiger partial charge in [0.25, 0.3) is 0 Å². The summed E-state index contributed by atoms with van der Waals surface area (Å²) >= 11 is 0. The summed E-state index contributed by atoms with van der Waals surface area (Å²) < 4.78 is 5.81. The molecule has 1 aromatic rings. The van der Waals surface area contributed by atoms with Crippen molar-refractivity contribution < 1.29 is 4.74 Å². The van der Waals surface area contributed by atoms with Crippen LogP contribution >= 0.6 is 0 Å². The zero-order valence-corrected chi connectivity index (χ0v) is 12.3. The Kier molecular flexibility index (Phi) is 4.93. The number of hydrogen-bond acceptors (Lipinski definition) is 3. The quantitative estimate of drug-likeness (QED) is 0.836. The molecule has 1 aromatic carbocycles. The summed E-state index contributed by atoms with van der Waals surface area (Å²) in [6.45, 7) is 5.20. The number of nitrogens with one attached hydrogen (secondary N) is 1. The van der Waals surface area contributed by atoms with E-state index in [9.17, 15) is 0 Å². The number of benzene rings is 1. The van der Waals surface area contributed by atoms with Crippen molar-refractivity contribution in [3.05, 3.63) is 29.8 Å². The highest BCUT2D eigenvalue weighted by atomic mass is 16.5. The van der Waals surface area contributed by atoms with Crippen LogP contribution in [0.2, 0.25) is 0 Å². The van der Waals surface area contributed by atoms with Gasteiger partial charge in [0.15, 0.2) is 0 Å². The van der Waals surface area contributed by atoms with Gasteiger partial charge in [-0.05, 0) is 38.4 Å². The second kappa shape index (κ2) is 7.09. The number of fused-ring (bicyclic) bond motifs is 1. The third-order valence-corrected chi connectivity index (χ3v) is 4.47. The van der Waals surface area contributed by atoms with E-state index in [1.165, 1.54) is 37.7 Å². The molecule has 0 bridgehead atoms. The summed E-state index contributed by atoms with van der Waals surface area (Å²) in [7, 11) is 0. The largest absolute Gasteiger partial charge is 0.492 e. The molecule has 1 heterocycles. The third-order valence-electron chi connectivity index (χ3n) is 4.47. The third kappa shape index (κ3) is 3.74. The molecule has 0 atom stereocenters. The molecule has 1 aliphatic carbocycles. The molecule has 0 aromatic heterocycles. The Balaban J connectivity index is 1.41. The highest BCUT2D eigenvalue weighted by Gasteiger charge is 2.15. The Bertz CT molecular complexity index is 415. The molecule has 110 valence electrons. The Morgan fingerprint density at radius 3 is 2.95 bits per heavy atom. The first kappa shape index (κ1) is 13.9. The zero-order valence-electron chi connectivity index (χ0n) is 12.3. The Labute approximate surface area is 122 Å². The van der Waals surface area contributed by atoms with Crippen molar-refractivity contribution >= 4 is 0 Å². The lowest BCUT2D eigenvalue weighted by atomic mass is 10.2. The van der Waals surface area contributed by atoms with Gasteiger partial charge in [-0.25, -0.2) is 0 Å². The molecular formula is C17H26N2O. The van der Waals surface area contributed by atoms with Gasteiger partial charge in [-0.3, -0.25) is 4.90 Å². The fourth-order valence-corrected chi connectivity index (χ4v) is 3.31. The molecule has 0 radical (unpaired) electrons. The van der Waals surface area contributed by atoms with Crippen LogP contribution in [0.3, 0.4) is 0 Å². The summed E-state index contributed by atoms with van der Waals surface area (Å²) in [5, 5.41) is 3.70. The lowest BCUT2D eigenvalue weighted by molar-refractivity contribution is 0.223. The molecule has 0 spiro atoms. The fourth-order valence-electron chi connectivity index (χ4n) is 3.31. The van der Waals surface area contributed by atoms with Crippen LogP contribution in [0.1, 0.15) is 37.7 Å². The van der Waals surface area contributed by atoms with E-state index in [1.807, 2.05) is 0 Å². The van der Waals surface area contributed by atoms with Crippen molar-refractivity contribution in [3.63, 3.8) is 0 Å². The van der Waals surface area contributed by atoms with Crippen LogP contribution in [-0.2, 0) is 6.54 Å². The van der Waals surface area contributed by atoms with E-state index in [0.717, 1.165) is 44.6 Å². The van der Waals surface area contributed by atoms with Gasteiger partial charge in [-0.2, -0.15) is 0 Å². The summed E-state index contributed by atoms with van der Waals surface area (Å²) in [4.78, 5) is 2.52. The van der Waals surface area contributed by atoms with E-state index in [0.29, 0.717) is 0 Å². The molecule has 1 N–H and O–H groups in total. The van der Waals surface area contributed by atoms with Crippen LogP contribution in [-0.4, -0.2) is 37.2 Å². The molecule has 1 saturated carbocycles. The lowest BCUT2D eigenvalue weighted by Crippen LogP contribution is -2.32. The van der Waals surface area contributed by atoms with Crippen LogP contribution < -0.4 is 10.1 Å². The Morgan fingerprint density at radius 1 is 1.20 bits per heavy atom. The first-order valence-electron chi connectivity index (χ1n) is 8.08. The van der Waals surface area contributed by atoms with Crippen LogP contribution in [0, 0.1) is 0 Å². The van der Waals surface area contributed by atoms with Crippen molar-refractivity contribution in [1.29, 1.82) is 0 Å². The van der Waals surface area contributed by atoms with Gasteiger partial charge in [0.1, 0.15) is 12.4 Å². The molecule has 1 aliphatic heterocycles. The number of hydrogen-bond donors (Lipinski definition) is 1. The maximum absolute atomic E-state index is 5.81. The number of nitrogens with zero attached hydrogens (tertiary/aromatic N) is 1. The highest BCUT2D eigenvalue weighted by molar-refractivity contribution is 5.33. The van der Waals surface area contributed by atoms with E-state index in [2.05, 4.69) is 34.5 Å². The average molecular weight is 274 g/mol. The molecular weight excluding hydrogens is 248 g/mol. The molecule has 3 nitrogen and oxygen atoms in total. The van der Waals surface area contributed by atoms with Gasteiger partial charge in [-0.15, -0.1) is 0 Å². The zero-order chi connectivity index (χ0) is 13.6. The first-order valence-corrected chi connectivity index (χ1v) is 8.08. The molecule has 2 aliphatic rings. The van der Waals surface area contributed by atoms with Crippen molar-refractivity contribution in [3.8, 4) is 5.75 Å². The Hall–Kier alpha value is -1.06. The molecule has 0 saturated heterocycles. The van der Waals surface area contributed by atoms with Crippen LogP contribution in [0.4, 0.5) is 0 Å². The van der Waals surface area contributed by atoms with E-state index in [-0.39, 0.29) is 0 Å². The maximum Gasteiger partial charge on any atom is 0.123 e. The minimum Gasteiger partial charge on any atom is -0.492 e. The Morgan fingerprint density at radius 2 is 2.05 bits per heavy atom. The van der Waals surface area contributed by atoms with Crippen LogP contribution in [0.15, 0.2) is 24.3 Å². The SMILES string of the molecule is c1ccc2c(c1)CN(CCCNC1CCCC1)CCO2. The summed E-state index contributed by atoms with van der Waals surface area (Å²) in [6.07, 6.45) is 6.82.